The Hall–Kier alpha value is -1.85. The molecule has 1 rings (SSSR count). The Kier molecular flexibility index (Phi) is 6.39. The van der Waals surface area contributed by atoms with Crippen LogP contribution in [0.25, 0.3) is 0 Å². The van der Waals surface area contributed by atoms with Gasteiger partial charge in [-0.1, -0.05) is 30.3 Å². The van der Waals surface area contributed by atoms with Gasteiger partial charge >= 0.3 is 12.1 Å². The average Bonchev–Trinajstić information content (AvgIpc) is 2.43. The van der Waals surface area contributed by atoms with Crippen molar-refractivity contribution in [3.05, 3.63) is 35.9 Å². The molecule has 2 unspecified atom stereocenters. The second-order valence-electron chi connectivity index (χ2n) is 4.50. The van der Waals surface area contributed by atoms with Gasteiger partial charge in [-0.05, 0) is 12.5 Å². The van der Waals surface area contributed by atoms with E-state index in [0.29, 0.717) is 0 Å². The van der Waals surface area contributed by atoms with E-state index in [2.05, 4.69) is 5.32 Å². The molecule has 0 aromatic heterocycles. The molecule has 0 saturated heterocycles. The van der Waals surface area contributed by atoms with E-state index in [-0.39, 0.29) is 12.9 Å². The number of alkyl carbamates (subject to hydrolysis) is 1. The maximum atomic E-state index is 12.0. The first kappa shape index (κ1) is 17.2. The van der Waals surface area contributed by atoms with Crippen LogP contribution in [0, 0.1) is 0 Å². The number of hydrogen-bond donors (Lipinski definition) is 2. The molecule has 0 bridgehead atoms. The lowest BCUT2D eigenvalue weighted by molar-refractivity contribution is -0.144. The fourth-order valence-corrected chi connectivity index (χ4v) is 2.65. The van der Waals surface area contributed by atoms with Gasteiger partial charge in [-0.25, -0.2) is 9.59 Å². The third-order valence-corrected chi connectivity index (χ3v) is 3.95. The first-order chi connectivity index (χ1) is 9.80. The lowest BCUT2D eigenvalue weighted by atomic mass is 10.2. The number of nitrogens with one attached hydrogen (secondary N) is 1. The van der Waals surface area contributed by atoms with Gasteiger partial charge < -0.3 is 19.7 Å². The van der Waals surface area contributed by atoms with Gasteiger partial charge in [0.25, 0.3) is 0 Å². The Morgan fingerprint density at radius 1 is 1.33 bits per heavy atom. The lowest BCUT2D eigenvalue weighted by Crippen LogP contribution is -2.27. The van der Waals surface area contributed by atoms with E-state index in [1.807, 2.05) is 18.2 Å². The number of amides is 1. The van der Waals surface area contributed by atoms with Crippen molar-refractivity contribution >= 4 is 19.4 Å². The molecule has 0 fully saturated rings. The number of rotatable bonds is 7. The van der Waals surface area contributed by atoms with Crippen LogP contribution in [0.2, 0.25) is 0 Å². The molecular formula is C13H18NO6P. The molecule has 0 aliphatic carbocycles. The number of benzene rings is 1. The first-order valence-electron chi connectivity index (χ1n) is 6.22. The average molecular weight is 315 g/mol. The highest BCUT2D eigenvalue weighted by molar-refractivity contribution is 7.58. The Morgan fingerprint density at radius 3 is 2.52 bits per heavy atom. The lowest BCUT2D eigenvalue weighted by Gasteiger charge is -2.17. The van der Waals surface area contributed by atoms with Crippen molar-refractivity contribution in [1.29, 1.82) is 0 Å². The molecule has 1 aromatic rings. The molecule has 0 aliphatic rings. The van der Waals surface area contributed by atoms with Crippen molar-refractivity contribution in [3.8, 4) is 0 Å². The number of aliphatic carboxylic acids is 1. The molecule has 2 atom stereocenters. The molecule has 2 N–H and O–H groups in total. The molecule has 21 heavy (non-hydrogen) atoms. The van der Waals surface area contributed by atoms with Gasteiger partial charge in [0.2, 0.25) is 7.37 Å². The van der Waals surface area contributed by atoms with Crippen LogP contribution in [0.3, 0.4) is 0 Å². The summed E-state index contributed by atoms with van der Waals surface area (Å²) in [7, 11) is -3.24. The van der Waals surface area contributed by atoms with Crippen molar-refractivity contribution in [1.82, 2.24) is 5.32 Å². The highest BCUT2D eigenvalue weighted by Crippen LogP contribution is 2.42. The van der Waals surface area contributed by atoms with Crippen molar-refractivity contribution < 1.29 is 28.5 Å². The third kappa shape index (κ3) is 6.92. The SMILES string of the molecule is CC(OP(C)(=O)CNC(=O)OCc1ccccc1)C(=O)O. The predicted octanol–water partition coefficient (Wildman–Crippen LogP) is 2.27. The van der Waals surface area contributed by atoms with Crippen molar-refractivity contribution in [2.24, 2.45) is 0 Å². The molecule has 0 aliphatic heterocycles. The normalized spacial score (nSPS) is 14.8. The smallest absolute Gasteiger partial charge is 0.407 e. The van der Waals surface area contributed by atoms with E-state index in [1.54, 1.807) is 12.1 Å². The van der Waals surface area contributed by atoms with E-state index in [1.165, 1.54) is 13.6 Å². The minimum absolute atomic E-state index is 0.0904. The zero-order valence-corrected chi connectivity index (χ0v) is 12.7. The minimum atomic E-state index is -3.24. The summed E-state index contributed by atoms with van der Waals surface area (Å²) in [6.07, 6.45) is -2.24. The van der Waals surface area contributed by atoms with Crippen LogP contribution in [-0.4, -0.2) is 36.2 Å². The molecule has 0 saturated carbocycles. The monoisotopic (exact) mass is 315 g/mol. The summed E-state index contributed by atoms with van der Waals surface area (Å²) in [4.78, 5) is 22.1. The highest BCUT2D eigenvalue weighted by Gasteiger charge is 2.24. The Balaban J connectivity index is 2.35. The third-order valence-electron chi connectivity index (χ3n) is 2.45. The Labute approximate surface area is 122 Å². The van der Waals surface area contributed by atoms with Gasteiger partial charge in [-0.3, -0.25) is 4.57 Å². The van der Waals surface area contributed by atoms with Crippen molar-refractivity contribution in [3.63, 3.8) is 0 Å². The largest absolute Gasteiger partial charge is 0.479 e. The second kappa shape index (κ2) is 7.81. The number of carbonyl (C=O) groups is 2. The zero-order chi connectivity index (χ0) is 15.9. The van der Waals surface area contributed by atoms with Crippen molar-refractivity contribution in [2.45, 2.75) is 19.6 Å². The molecule has 0 spiro atoms. The van der Waals surface area contributed by atoms with E-state index in [0.717, 1.165) is 5.56 Å². The van der Waals surface area contributed by atoms with E-state index < -0.39 is 25.5 Å². The molecule has 1 aromatic carbocycles. The van der Waals surface area contributed by atoms with E-state index >= 15 is 0 Å². The van der Waals surface area contributed by atoms with E-state index in [4.69, 9.17) is 14.4 Å². The van der Waals surface area contributed by atoms with Crippen LogP contribution in [-0.2, 0) is 25.2 Å². The van der Waals surface area contributed by atoms with Gasteiger partial charge in [-0.2, -0.15) is 0 Å². The number of carboxylic acid groups (broad SMARTS) is 1. The van der Waals surface area contributed by atoms with Crippen LogP contribution in [0.1, 0.15) is 12.5 Å². The van der Waals surface area contributed by atoms with Crippen molar-refractivity contribution in [2.75, 3.05) is 13.0 Å². The molecule has 7 nitrogen and oxygen atoms in total. The Morgan fingerprint density at radius 2 is 1.95 bits per heavy atom. The van der Waals surface area contributed by atoms with E-state index in [9.17, 15) is 14.2 Å². The summed E-state index contributed by atoms with van der Waals surface area (Å²) in [5.74, 6) is -1.22. The van der Waals surface area contributed by atoms with Crippen LogP contribution < -0.4 is 5.32 Å². The molecule has 8 heteroatoms. The standard InChI is InChI=1S/C13H18NO6P/c1-10(12(15)16)20-21(2,18)9-14-13(17)19-8-11-6-4-3-5-7-11/h3-7,10H,8-9H2,1-2H3,(H,14,17)(H,15,16). The van der Waals surface area contributed by atoms with Gasteiger partial charge in [0, 0.05) is 6.66 Å². The second-order valence-corrected chi connectivity index (χ2v) is 7.05. The van der Waals surface area contributed by atoms with Gasteiger partial charge in [0.15, 0.2) is 6.10 Å². The van der Waals surface area contributed by atoms with Crippen LogP contribution in [0.15, 0.2) is 30.3 Å². The number of carboxylic acids is 1. The zero-order valence-electron chi connectivity index (χ0n) is 11.8. The number of carbonyl (C=O) groups excluding carboxylic acids is 1. The minimum Gasteiger partial charge on any atom is -0.479 e. The summed E-state index contributed by atoms with van der Waals surface area (Å²) < 4.78 is 21.8. The van der Waals surface area contributed by atoms with Crippen LogP contribution in [0.4, 0.5) is 4.79 Å². The maximum Gasteiger partial charge on any atom is 0.407 e. The topological polar surface area (TPSA) is 102 Å². The summed E-state index contributed by atoms with van der Waals surface area (Å²) in [5.41, 5.74) is 0.822. The molecule has 0 radical (unpaired) electrons. The summed E-state index contributed by atoms with van der Waals surface area (Å²) in [6.45, 7) is 2.61. The number of ether oxygens (including phenoxy) is 1. The number of hydrogen-bond acceptors (Lipinski definition) is 5. The molecular weight excluding hydrogens is 297 g/mol. The fraction of sp³-hybridized carbons (Fsp3) is 0.385. The summed E-state index contributed by atoms with van der Waals surface area (Å²) in [6, 6.07) is 9.08. The first-order valence-corrected chi connectivity index (χ1v) is 8.48. The molecule has 0 heterocycles. The molecule has 1 amide bonds. The van der Waals surface area contributed by atoms with Gasteiger partial charge in [-0.15, -0.1) is 0 Å². The summed E-state index contributed by atoms with van der Waals surface area (Å²) in [5, 5.41) is 11.0. The van der Waals surface area contributed by atoms with Gasteiger partial charge in [0.05, 0.1) is 6.29 Å². The Bertz CT molecular complexity index is 533. The highest BCUT2D eigenvalue weighted by atomic mass is 31.2. The maximum absolute atomic E-state index is 12.0. The van der Waals surface area contributed by atoms with Gasteiger partial charge in [0.1, 0.15) is 6.61 Å². The quantitative estimate of drug-likeness (QED) is 0.748. The van der Waals surface area contributed by atoms with Crippen LogP contribution >= 0.6 is 7.37 Å². The predicted molar refractivity (Wildman–Crippen MR) is 76.3 cm³/mol. The molecule has 116 valence electrons. The summed E-state index contributed by atoms with van der Waals surface area (Å²) >= 11 is 0. The van der Waals surface area contributed by atoms with Crippen LogP contribution in [0.5, 0.6) is 0 Å². The fourth-order valence-electron chi connectivity index (χ4n) is 1.40.